The number of ether oxygens (including phenoxy) is 4. The zero-order chi connectivity index (χ0) is 43.2. The van der Waals surface area contributed by atoms with Gasteiger partial charge in [0.25, 0.3) is 0 Å². The lowest BCUT2D eigenvalue weighted by molar-refractivity contribution is -0.128. The van der Waals surface area contributed by atoms with Crippen molar-refractivity contribution in [2.45, 2.75) is 109 Å². The first-order chi connectivity index (χ1) is 27.9. The highest BCUT2D eigenvalue weighted by molar-refractivity contribution is 5.89. The number of hydrogen-bond donors (Lipinski definition) is 9. The molecule has 3 atom stereocenters. The number of nitrogens with one attached hydrogen (secondary N) is 7. The maximum Gasteiger partial charge on any atom is 0.246 e. The first kappa shape index (κ1) is 54.0. The highest BCUT2D eigenvalue weighted by Gasteiger charge is 2.22. The Bertz CT molecular complexity index is 1170. The monoisotopic (exact) mass is 832 g/mol. The molecule has 0 aromatic carbocycles. The maximum atomic E-state index is 12.6. The van der Waals surface area contributed by atoms with Crippen LogP contribution in [-0.4, -0.2) is 153 Å². The maximum absolute atomic E-state index is 12.6. The van der Waals surface area contributed by atoms with Crippen molar-refractivity contribution in [2.24, 2.45) is 11.5 Å². The number of amides is 7. The molecular formula is C38H73N9O11. The van der Waals surface area contributed by atoms with Crippen LogP contribution in [0.15, 0.2) is 0 Å². The molecule has 0 aliphatic rings. The van der Waals surface area contributed by atoms with Gasteiger partial charge in [-0.1, -0.05) is 26.2 Å². The minimum Gasteiger partial charge on any atom is -0.377 e. The molecular weight excluding hydrogens is 758 g/mol. The van der Waals surface area contributed by atoms with Crippen LogP contribution in [0.1, 0.15) is 90.4 Å². The number of rotatable bonds is 40. The van der Waals surface area contributed by atoms with Crippen LogP contribution >= 0.6 is 0 Å². The summed E-state index contributed by atoms with van der Waals surface area (Å²) in [4.78, 5) is 83.4. The van der Waals surface area contributed by atoms with E-state index in [1.54, 1.807) is 14.1 Å². The van der Waals surface area contributed by atoms with Gasteiger partial charge in [-0.15, -0.1) is 0 Å². The van der Waals surface area contributed by atoms with Crippen molar-refractivity contribution in [3.8, 4) is 0 Å². The van der Waals surface area contributed by atoms with Gasteiger partial charge in [-0.25, -0.2) is 0 Å². The van der Waals surface area contributed by atoms with Crippen molar-refractivity contribution < 1.29 is 52.5 Å². The summed E-state index contributed by atoms with van der Waals surface area (Å²) in [6.45, 7) is 4.83. The van der Waals surface area contributed by atoms with Crippen LogP contribution in [0.2, 0.25) is 0 Å². The summed E-state index contributed by atoms with van der Waals surface area (Å²) < 4.78 is 21.3. The van der Waals surface area contributed by atoms with E-state index in [2.05, 4.69) is 44.1 Å². The average molecular weight is 832 g/mol. The third-order valence-corrected chi connectivity index (χ3v) is 8.75. The fourth-order valence-corrected chi connectivity index (χ4v) is 5.38. The second kappa shape index (κ2) is 37.3. The summed E-state index contributed by atoms with van der Waals surface area (Å²) >= 11 is 0. The molecule has 0 spiro atoms. The van der Waals surface area contributed by atoms with Crippen LogP contribution in [0, 0.1) is 0 Å². The third kappa shape index (κ3) is 32.1. The normalized spacial score (nSPS) is 12.5. The van der Waals surface area contributed by atoms with Gasteiger partial charge >= 0.3 is 0 Å². The van der Waals surface area contributed by atoms with Crippen LogP contribution in [0.25, 0.3) is 0 Å². The Labute approximate surface area is 343 Å². The minimum atomic E-state index is -0.684. The van der Waals surface area contributed by atoms with Gasteiger partial charge in [0.05, 0.1) is 51.7 Å². The van der Waals surface area contributed by atoms with E-state index in [1.165, 1.54) is 0 Å². The first-order valence-electron chi connectivity index (χ1n) is 20.6. The van der Waals surface area contributed by atoms with E-state index in [0.717, 1.165) is 32.1 Å². The second-order valence-electron chi connectivity index (χ2n) is 13.6. The SMILES string of the molecule is CCCCC[C@H](NC(=O)[C@H](CCCCNC(=O)CCCC(=O)NCCOCCOCC(=O)NCCOCCOCC(=O)NCCCC[C@H](NC)C(N)=O)NC)C(N)=O. The summed E-state index contributed by atoms with van der Waals surface area (Å²) in [5, 5.41) is 19.5. The summed E-state index contributed by atoms with van der Waals surface area (Å²) in [7, 11) is 3.36. The lowest BCUT2D eigenvalue weighted by Crippen LogP contribution is -2.51. The molecule has 11 N–H and O–H groups in total. The van der Waals surface area contributed by atoms with Gasteiger partial charge < -0.3 is 67.6 Å². The molecule has 7 amide bonds. The lowest BCUT2D eigenvalue weighted by Gasteiger charge is -2.20. The van der Waals surface area contributed by atoms with Crippen LogP contribution in [0.4, 0.5) is 0 Å². The van der Waals surface area contributed by atoms with Crippen LogP contribution in [-0.2, 0) is 52.5 Å². The zero-order valence-electron chi connectivity index (χ0n) is 35.1. The van der Waals surface area contributed by atoms with Crippen molar-refractivity contribution in [1.29, 1.82) is 0 Å². The standard InChI is InChI=1S/C38H73N9O11/c1-4-5-6-13-30(37(40)53)47-38(54)31(42-3)14-8-10-17-43-32(48)15-11-16-33(49)45-19-21-55-23-26-58-28-35(51)46-20-22-56-24-25-57-27-34(50)44-18-9-7-12-29(41-2)36(39)52/h29-31,41-42H,4-28H2,1-3H3,(H2,39,52)(H2,40,53)(H,43,48)(H,44,50)(H,45,49)(H,46,51)(H,47,54)/t29-,30-,31-/m0/s1. The molecule has 336 valence electrons. The highest BCUT2D eigenvalue weighted by Crippen LogP contribution is 2.06. The highest BCUT2D eigenvalue weighted by atomic mass is 16.5. The number of nitrogens with two attached hydrogens (primary N) is 2. The molecule has 20 heteroatoms. The molecule has 0 aliphatic carbocycles. The summed E-state index contributed by atoms with van der Waals surface area (Å²) in [6, 6.07) is -1.52. The Hall–Kier alpha value is -3.95. The number of primary amides is 2. The number of hydrogen-bond acceptors (Lipinski definition) is 13. The number of likely N-dealkylation sites (N-methyl/N-ethyl adjacent to an activating group) is 2. The van der Waals surface area contributed by atoms with E-state index in [0.29, 0.717) is 58.2 Å². The zero-order valence-corrected chi connectivity index (χ0v) is 35.1. The Morgan fingerprint density at radius 3 is 1.36 bits per heavy atom. The van der Waals surface area contributed by atoms with Gasteiger partial charge in [0.2, 0.25) is 41.4 Å². The third-order valence-electron chi connectivity index (χ3n) is 8.75. The molecule has 0 saturated carbocycles. The van der Waals surface area contributed by atoms with E-state index in [9.17, 15) is 33.6 Å². The first-order valence-corrected chi connectivity index (χ1v) is 20.6. The summed E-state index contributed by atoms with van der Waals surface area (Å²) in [5.74, 6) is -2.08. The number of carbonyl (C=O) groups is 7. The molecule has 0 aromatic heterocycles. The second-order valence-corrected chi connectivity index (χ2v) is 13.6. The molecule has 0 heterocycles. The molecule has 0 rings (SSSR count). The lowest BCUT2D eigenvalue weighted by atomic mass is 10.1. The minimum absolute atomic E-state index is 0.0886. The largest absolute Gasteiger partial charge is 0.377 e. The van der Waals surface area contributed by atoms with E-state index in [1.807, 2.05) is 0 Å². The van der Waals surface area contributed by atoms with Crippen LogP contribution in [0.3, 0.4) is 0 Å². The fraction of sp³-hybridized carbons (Fsp3) is 0.816. The van der Waals surface area contributed by atoms with E-state index < -0.39 is 23.9 Å². The molecule has 0 radical (unpaired) electrons. The van der Waals surface area contributed by atoms with Crippen LogP contribution in [0.5, 0.6) is 0 Å². The van der Waals surface area contributed by atoms with E-state index >= 15 is 0 Å². The number of unbranched alkanes of at least 4 members (excludes halogenated alkanes) is 4. The average Bonchev–Trinajstić information content (AvgIpc) is 3.18. The molecule has 0 aliphatic heterocycles. The molecule has 0 saturated heterocycles. The Morgan fingerprint density at radius 2 is 0.879 bits per heavy atom. The Morgan fingerprint density at radius 1 is 0.466 bits per heavy atom. The van der Waals surface area contributed by atoms with Gasteiger partial charge in [0, 0.05) is 39.0 Å². The Balaban J connectivity index is 3.67. The van der Waals surface area contributed by atoms with Gasteiger partial charge in [-0.05, 0) is 65.5 Å². The summed E-state index contributed by atoms with van der Waals surface area (Å²) in [6.07, 6.45) is 8.09. The Kier molecular flexibility index (Phi) is 34.8. The van der Waals surface area contributed by atoms with E-state index in [-0.39, 0.29) is 108 Å². The predicted octanol–water partition coefficient (Wildman–Crippen LogP) is -1.76. The van der Waals surface area contributed by atoms with Gasteiger partial charge in [-0.3, -0.25) is 33.6 Å². The predicted molar refractivity (Wildman–Crippen MR) is 217 cm³/mol. The van der Waals surface area contributed by atoms with Crippen molar-refractivity contribution >= 4 is 41.4 Å². The van der Waals surface area contributed by atoms with Gasteiger partial charge in [0.15, 0.2) is 0 Å². The van der Waals surface area contributed by atoms with Crippen molar-refractivity contribution in [3.05, 3.63) is 0 Å². The molecule has 0 bridgehead atoms. The molecule has 0 fully saturated rings. The fourth-order valence-electron chi connectivity index (χ4n) is 5.38. The number of carbonyl (C=O) groups excluding carboxylic acids is 7. The molecule has 0 aromatic rings. The van der Waals surface area contributed by atoms with Gasteiger partial charge in [-0.2, -0.15) is 0 Å². The topological polar surface area (TPSA) is 293 Å². The van der Waals surface area contributed by atoms with Crippen molar-refractivity contribution in [1.82, 2.24) is 37.2 Å². The van der Waals surface area contributed by atoms with Crippen molar-refractivity contribution in [3.63, 3.8) is 0 Å². The molecule has 20 nitrogen and oxygen atoms in total. The van der Waals surface area contributed by atoms with Crippen molar-refractivity contribution in [2.75, 3.05) is 93.1 Å². The quantitative estimate of drug-likeness (QED) is 0.0310. The smallest absolute Gasteiger partial charge is 0.246 e. The van der Waals surface area contributed by atoms with E-state index in [4.69, 9.17) is 30.4 Å². The molecule has 58 heavy (non-hydrogen) atoms. The van der Waals surface area contributed by atoms with Gasteiger partial charge in [0.1, 0.15) is 19.3 Å². The molecule has 0 unspecified atom stereocenters. The summed E-state index contributed by atoms with van der Waals surface area (Å²) in [5.41, 5.74) is 10.7. The van der Waals surface area contributed by atoms with Crippen LogP contribution < -0.4 is 48.7 Å².